The van der Waals surface area contributed by atoms with E-state index in [1.54, 1.807) is 13.8 Å². The molecule has 0 saturated carbocycles. The van der Waals surface area contributed by atoms with Crippen molar-refractivity contribution in [1.82, 2.24) is 5.32 Å². The van der Waals surface area contributed by atoms with E-state index in [2.05, 4.69) is 10.1 Å². The fourth-order valence-corrected chi connectivity index (χ4v) is 2.66. The summed E-state index contributed by atoms with van der Waals surface area (Å²) < 4.78 is 21.3. The number of hydrogen-bond donors (Lipinski definition) is 1. The second kappa shape index (κ2) is 3.94. The number of fused-ring (bicyclic) bond motifs is 2. The van der Waals surface area contributed by atoms with Crippen molar-refractivity contribution >= 4 is 11.9 Å². The minimum absolute atomic E-state index is 0.394. The number of methoxy groups -OCH3 is 1. The molecule has 0 amide bonds. The van der Waals surface area contributed by atoms with Gasteiger partial charge in [0.05, 0.1) is 12.8 Å². The van der Waals surface area contributed by atoms with Gasteiger partial charge in [-0.15, -0.1) is 0 Å². The highest BCUT2D eigenvalue weighted by atomic mass is 16.8. The minimum Gasteiger partial charge on any atom is -0.466 e. The van der Waals surface area contributed by atoms with Crippen LogP contribution >= 0.6 is 0 Å². The van der Waals surface area contributed by atoms with Crippen molar-refractivity contribution in [3.63, 3.8) is 0 Å². The Balaban J connectivity index is 1.92. The van der Waals surface area contributed by atoms with Crippen molar-refractivity contribution < 1.29 is 28.5 Å². The van der Waals surface area contributed by atoms with Gasteiger partial charge < -0.3 is 24.3 Å². The largest absolute Gasteiger partial charge is 0.466 e. The fourth-order valence-electron chi connectivity index (χ4n) is 2.66. The van der Waals surface area contributed by atoms with E-state index >= 15 is 0 Å². The molecule has 0 aliphatic carbocycles. The van der Waals surface area contributed by atoms with E-state index in [9.17, 15) is 9.59 Å². The van der Waals surface area contributed by atoms with Crippen molar-refractivity contribution in [3.8, 4) is 0 Å². The Labute approximate surface area is 109 Å². The zero-order valence-corrected chi connectivity index (χ0v) is 10.8. The number of ether oxygens (including phenoxy) is 4. The monoisotopic (exact) mass is 269 g/mol. The Morgan fingerprint density at radius 3 is 2.74 bits per heavy atom. The van der Waals surface area contributed by atoms with Crippen LogP contribution in [-0.2, 0) is 28.5 Å². The van der Waals surface area contributed by atoms with E-state index in [1.807, 2.05) is 0 Å². The predicted molar refractivity (Wildman–Crippen MR) is 60.7 cm³/mol. The molecule has 4 rings (SSSR count). The molecule has 0 spiro atoms. The van der Waals surface area contributed by atoms with Gasteiger partial charge in [0.2, 0.25) is 0 Å². The number of nitrogens with one attached hydrogen (secondary N) is 1. The smallest absolute Gasteiger partial charge is 0.332 e. The molecule has 7 heteroatoms. The van der Waals surface area contributed by atoms with Gasteiger partial charge in [-0.25, -0.2) is 9.59 Å². The van der Waals surface area contributed by atoms with Gasteiger partial charge in [-0.2, -0.15) is 0 Å². The van der Waals surface area contributed by atoms with Crippen molar-refractivity contribution in [3.05, 3.63) is 11.8 Å². The summed E-state index contributed by atoms with van der Waals surface area (Å²) in [7, 11) is 1.29. The van der Waals surface area contributed by atoms with E-state index < -0.39 is 42.1 Å². The summed E-state index contributed by atoms with van der Waals surface area (Å²) >= 11 is 0. The molecular weight excluding hydrogens is 254 g/mol. The fraction of sp³-hybridized carbons (Fsp3) is 0.667. The summed E-state index contributed by atoms with van der Waals surface area (Å²) in [6.45, 7) is 3.55. The summed E-state index contributed by atoms with van der Waals surface area (Å²) in [5.41, 5.74) is 0.485. The molecule has 4 heterocycles. The molecule has 4 fully saturated rings. The Morgan fingerprint density at radius 1 is 1.37 bits per heavy atom. The summed E-state index contributed by atoms with van der Waals surface area (Å²) in [6.07, 6.45) is -0.205. The van der Waals surface area contributed by atoms with Crippen molar-refractivity contribution in [1.29, 1.82) is 0 Å². The van der Waals surface area contributed by atoms with Crippen LogP contribution in [0.15, 0.2) is 11.8 Å². The van der Waals surface area contributed by atoms with Crippen molar-refractivity contribution in [2.24, 2.45) is 0 Å². The molecule has 19 heavy (non-hydrogen) atoms. The van der Waals surface area contributed by atoms with Crippen LogP contribution in [0, 0.1) is 0 Å². The van der Waals surface area contributed by atoms with Gasteiger partial charge in [-0.05, 0) is 13.8 Å². The summed E-state index contributed by atoms with van der Waals surface area (Å²) in [5.74, 6) is -1.68. The van der Waals surface area contributed by atoms with Gasteiger partial charge in [0.15, 0.2) is 17.9 Å². The van der Waals surface area contributed by atoms with E-state index in [0.717, 1.165) is 0 Å². The SMILES string of the molecule is COC(=O)/C=C1\NC2C(=O)OC1C1OC(C)(C)OC21. The lowest BCUT2D eigenvalue weighted by atomic mass is 9.90. The first kappa shape index (κ1) is 12.4. The summed E-state index contributed by atoms with van der Waals surface area (Å²) in [5, 5.41) is 2.96. The molecule has 4 aliphatic rings. The predicted octanol–water partition coefficient (Wildman–Crippen LogP) is -0.539. The lowest BCUT2D eigenvalue weighted by Crippen LogP contribution is -2.67. The van der Waals surface area contributed by atoms with Crippen LogP contribution in [0.2, 0.25) is 0 Å². The van der Waals surface area contributed by atoms with Gasteiger partial charge in [0, 0.05) is 6.08 Å². The first-order valence-electron chi connectivity index (χ1n) is 6.03. The number of rotatable bonds is 1. The zero-order valence-electron chi connectivity index (χ0n) is 10.8. The quantitative estimate of drug-likeness (QED) is 0.505. The van der Waals surface area contributed by atoms with E-state index in [4.69, 9.17) is 14.2 Å². The summed E-state index contributed by atoms with van der Waals surface area (Å²) in [6, 6.07) is -0.660. The van der Waals surface area contributed by atoms with Crippen LogP contribution in [-0.4, -0.2) is 49.2 Å². The van der Waals surface area contributed by atoms with Gasteiger partial charge in [-0.1, -0.05) is 0 Å². The zero-order chi connectivity index (χ0) is 13.8. The topological polar surface area (TPSA) is 83.1 Å². The number of morpholine rings is 1. The average molecular weight is 269 g/mol. The second-order valence-corrected chi connectivity index (χ2v) is 5.17. The molecule has 104 valence electrons. The normalized spacial score (nSPS) is 40.6. The first-order chi connectivity index (χ1) is 8.91. The van der Waals surface area contributed by atoms with Crippen LogP contribution in [0.3, 0.4) is 0 Å². The van der Waals surface area contributed by atoms with Gasteiger partial charge in [-0.3, -0.25) is 0 Å². The standard InChI is InChI=1S/C12H15NO6/c1-12(2)18-9-7-11(15)17-8(10(9)19-12)5(13-7)4-6(14)16-3/h4,7-10,13H,1-3H3/b5-4-. The van der Waals surface area contributed by atoms with Crippen molar-refractivity contribution in [2.45, 2.75) is 44.0 Å². The maximum absolute atomic E-state index is 11.7. The molecular formula is C12H15NO6. The number of hydrogen-bond acceptors (Lipinski definition) is 7. The highest BCUT2D eigenvalue weighted by molar-refractivity contribution is 5.85. The highest BCUT2D eigenvalue weighted by Crippen LogP contribution is 2.40. The number of carbonyl (C=O) groups is 2. The molecule has 4 unspecified atom stereocenters. The van der Waals surface area contributed by atoms with Crippen LogP contribution in [0.1, 0.15) is 13.8 Å². The van der Waals surface area contributed by atoms with Crippen molar-refractivity contribution in [2.75, 3.05) is 7.11 Å². The van der Waals surface area contributed by atoms with E-state index in [0.29, 0.717) is 5.70 Å². The third kappa shape index (κ3) is 1.89. The molecule has 0 radical (unpaired) electrons. The molecule has 0 aromatic heterocycles. The third-order valence-electron chi connectivity index (χ3n) is 3.39. The number of carbonyl (C=O) groups excluding carboxylic acids is 2. The summed E-state index contributed by atoms with van der Waals surface area (Å²) in [4.78, 5) is 23.1. The Kier molecular flexibility index (Phi) is 2.58. The van der Waals surface area contributed by atoms with Gasteiger partial charge in [0.1, 0.15) is 12.2 Å². The maximum atomic E-state index is 11.7. The Bertz CT molecular complexity index is 471. The van der Waals surface area contributed by atoms with Gasteiger partial charge in [0.25, 0.3) is 0 Å². The lowest BCUT2D eigenvalue weighted by Gasteiger charge is -2.43. The molecule has 4 atom stereocenters. The lowest BCUT2D eigenvalue weighted by molar-refractivity contribution is -0.176. The Morgan fingerprint density at radius 2 is 2.05 bits per heavy atom. The molecule has 2 bridgehead atoms. The Hall–Kier alpha value is -1.60. The van der Waals surface area contributed by atoms with Gasteiger partial charge >= 0.3 is 11.9 Å². The number of esters is 2. The van der Waals surface area contributed by atoms with E-state index in [-0.39, 0.29) is 0 Å². The third-order valence-corrected chi connectivity index (χ3v) is 3.39. The molecule has 4 aliphatic heterocycles. The van der Waals surface area contributed by atoms with E-state index in [1.165, 1.54) is 13.2 Å². The van der Waals surface area contributed by atoms with Crippen LogP contribution < -0.4 is 5.32 Å². The molecule has 0 aromatic carbocycles. The average Bonchev–Trinajstić information content (AvgIpc) is 2.67. The van der Waals surface area contributed by atoms with Crippen LogP contribution in [0.5, 0.6) is 0 Å². The molecule has 1 N–H and O–H groups in total. The first-order valence-corrected chi connectivity index (χ1v) is 6.03. The maximum Gasteiger partial charge on any atom is 0.332 e. The van der Waals surface area contributed by atoms with Crippen LogP contribution in [0.25, 0.3) is 0 Å². The second-order valence-electron chi connectivity index (χ2n) is 5.17. The highest BCUT2D eigenvalue weighted by Gasteiger charge is 2.60. The minimum atomic E-state index is -0.776. The number of piperidine rings is 1. The molecule has 0 aromatic rings. The molecule has 4 saturated heterocycles. The molecule has 7 nitrogen and oxygen atoms in total. The van der Waals surface area contributed by atoms with Crippen LogP contribution in [0.4, 0.5) is 0 Å².